The van der Waals surface area contributed by atoms with Crippen molar-refractivity contribution in [3.8, 4) is 0 Å². The molecule has 0 aliphatic heterocycles. The Bertz CT molecular complexity index is 1100. The van der Waals surface area contributed by atoms with E-state index in [1.807, 2.05) is 29.9 Å². The molecule has 0 unspecified atom stereocenters. The van der Waals surface area contributed by atoms with Crippen LogP contribution in [0.5, 0.6) is 0 Å². The number of primary amides is 1. The Labute approximate surface area is 170 Å². The number of pyridine rings is 1. The zero-order valence-electron chi connectivity index (χ0n) is 16.1. The molecule has 30 heavy (non-hydrogen) atoms. The van der Waals surface area contributed by atoms with Crippen LogP contribution in [0.15, 0.2) is 24.5 Å². The van der Waals surface area contributed by atoms with Crippen LogP contribution in [-0.2, 0) is 7.05 Å². The molecule has 3 aromatic rings. The first-order valence-electron chi connectivity index (χ1n) is 9.37. The first kappa shape index (κ1) is 19.9. The molecule has 1 fully saturated rings. The lowest BCUT2D eigenvalue weighted by molar-refractivity contribution is -0.0555. The highest BCUT2D eigenvalue weighted by molar-refractivity contribution is 5.96. The van der Waals surface area contributed by atoms with E-state index in [1.54, 1.807) is 6.20 Å². The fraction of sp³-hybridized carbons (Fsp3) is 0.389. The van der Waals surface area contributed by atoms with Gasteiger partial charge in [-0.1, -0.05) is 0 Å². The number of anilines is 3. The molecule has 6 N–H and O–H groups in total. The van der Waals surface area contributed by atoms with E-state index in [4.69, 9.17) is 11.5 Å². The number of halogens is 2. The number of alkyl halides is 2. The summed E-state index contributed by atoms with van der Waals surface area (Å²) in [5, 5.41) is 14.2. The number of hydrogen-bond donors (Lipinski definition) is 4. The number of nitrogens with two attached hydrogens (primary N) is 2. The van der Waals surface area contributed by atoms with Gasteiger partial charge in [0.2, 0.25) is 5.95 Å². The van der Waals surface area contributed by atoms with Crippen molar-refractivity contribution in [3.05, 3.63) is 30.2 Å². The van der Waals surface area contributed by atoms with E-state index in [-0.39, 0.29) is 23.9 Å². The summed E-state index contributed by atoms with van der Waals surface area (Å²) < 4.78 is 29.7. The number of aromatic nitrogens is 5. The number of amides is 1. The molecule has 1 aliphatic rings. The van der Waals surface area contributed by atoms with E-state index in [0.717, 1.165) is 11.0 Å². The molecule has 0 radical (unpaired) electrons. The molecular weight excluding hydrogens is 396 g/mol. The van der Waals surface area contributed by atoms with Gasteiger partial charge in [-0.3, -0.25) is 4.79 Å². The standard InChI is InChI=1S/C18H21F2N9O/c1-29-6-4-9-7-10(8-23-16(9)29)24-15-12(14(22)30)27-28-17(26-15)25-11-3-2-5-18(19,20)13(11)21/h4,6-8,11,13H,2-3,5,21H2,1H3,(H2,22,30)(H2,24,25,26,28)/t11-,13-/m1/s1. The van der Waals surface area contributed by atoms with Crippen LogP contribution in [0.2, 0.25) is 0 Å². The Morgan fingerprint density at radius 1 is 1.37 bits per heavy atom. The highest BCUT2D eigenvalue weighted by Gasteiger charge is 2.45. The molecular formula is C18H21F2N9O. The van der Waals surface area contributed by atoms with Gasteiger partial charge in [0.15, 0.2) is 11.5 Å². The summed E-state index contributed by atoms with van der Waals surface area (Å²) in [5.41, 5.74) is 12.2. The quantitative estimate of drug-likeness (QED) is 0.488. The van der Waals surface area contributed by atoms with Gasteiger partial charge < -0.3 is 26.7 Å². The van der Waals surface area contributed by atoms with E-state index in [9.17, 15) is 13.6 Å². The van der Waals surface area contributed by atoms with E-state index in [2.05, 4.69) is 30.8 Å². The minimum Gasteiger partial charge on any atom is -0.364 e. The highest BCUT2D eigenvalue weighted by Crippen LogP contribution is 2.33. The Hall–Kier alpha value is -3.41. The zero-order valence-corrected chi connectivity index (χ0v) is 16.1. The number of aryl methyl sites for hydroxylation is 1. The van der Waals surface area contributed by atoms with Crippen molar-refractivity contribution in [2.45, 2.75) is 37.3 Å². The topological polar surface area (TPSA) is 150 Å². The summed E-state index contributed by atoms with van der Waals surface area (Å²) in [5.74, 6) is -3.81. The lowest BCUT2D eigenvalue weighted by Crippen LogP contribution is -2.55. The maximum absolute atomic E-state index is 13.9. The minimum atomic E-state index is -2.98. The molecule has 0 bridgehead atoms. The third kappa shape index (κ3) is 3.73. The number of carbonyl (C=O) groups is 1. The molecule has 158 valence electrons. The van der Waals surface area contributed by atoms with Gasteiger partial charge in [-0.05, 0) is 25.0 Å². The van der Waals surface area contributed by atoms with Gasteiger partial charge in [-0.15, -0.1) is 10.2 Å². The molecule has 2 atom stereocenters. The molecule has 3 aromatic heterocycles. The van der Waals surface area contributed by atoms with Crippen LogP contribution in [0.25, 0.3) is 11.0 Å². The smallest absolute Gasteiger partial charge is 0.273 e. The average molecular weight is 417 g/mol. The van der Waals surface area contributed by atoms with Crippen LogP contribution in [0.1, 0.15) is 29.8 Å². The first-order valence-corrected chi connectivity index (χ1v) is 9.37. The molecule has 0 saturated heterocycles. The van der Waals surface area contributed by atoms with Gasteiger partial charge in [-0.25, -0.2) is 13.8 Å². The number of hydrogen-bond acceptors (Lipinski definition) is 8. The lowest BCUT2D eigenvalue weighted by atomic mass is 9.87. The normalized spacial score (nSPS) is 20.8. The molecule has 3 heterocycles. The summed E-state index contributed by atoms with van der Waals surface area (Å²) in [7, 11) is 1.87. The average Bonchev–Trinajstić information content (AvgIpc) is 3.06. The van der Waals surface area contributed by atoms with Crippen LogP contribution < -0.4 is 22.1 Å². The molecule has 1 aliphatic carbocycles. The predicted molar refractivity (Wildman–Crippen MR) is 107 cm³/mol. The Balaban J connectivity index is 1.61. The molecule has 12 heteroatoms. The van der Waals surface area contributed by atoms with Crippen LogP contribution in [0.4, 0.5) is 26.2 Å². The fourth-order valence-corrected chi connectivity index (χ4v) is 3.53. The monoisotopic (exact) mass is 417 g/mol. The molecule has 10 nitrogen and oxygen atoms in total. The van der Waals surface area contributed by atoms with Gasteiger partial charge in [0, 0.05) is 25.1 Å². The zero-order chi connectivity index (χ0) is 21.5. The fourth-order valence-electron chi connectivity index (χ4n) is 3.53. The van der Waals surface area contributed by atoms with Gasteiger partial charge in [0.05, 0.1) is 24.0 Å². The molecule has 0 aromatic carbocycles. The minimum absolute atomic E-state index is 0.0330. The first-order chi connectivity index (χ1) is 14.2. The third-order valence-electron chi connectivity index (χ3n) is 5.15. The predicted octanol–water partition coefficient (Wildman–Crippen LogP) is 1.53. The molecule has 0 spiro atoms. The number of rotatable bonds is 5. The van der Waals surface area contributed by atoms with Crippen molar-refractivity contribution >= 4 is 34.4 Å². The lowest BCUT2D eigenvalue weighted by Gasteiger charge is -2.35. The van der Waals surface area contributed by atoms with Gasteiger partial charge in [0.25, 0.3) is 11.8 Å². The van der Waals surface area contributed by atoms with Crippen LogP contribution >= 0.6 is 0 Å². The summed E-state index contributed by atoms with van der Waals surface area (Å²) >= 11 is 0. The van der Waals surface area contributed by atoms with E-state index < -0.39 is 23.9 Å². The largest absolute Gasteiger partial charge is 0.364 e. The van der Waals surface area contributed by atoms with E-state index in [0.29, 0.717) is 18.5 Å². The SMILES string of the molecule is Cn1ccc2cc(Nc3nc(N[C@@H]4CCCC(F)(F)[C@@H]4N)nnc3C(N)=O)cnc21. The Morgan fingerprint density at radius 3 is 2.93 bits per heavy atom. The maximum atomic E-state index is 13.9. The second kappa shape index (κ2) is 7.44. The van der Waals surface area contributed by atoms with Gasteiger partial charge in [0.1, 0.15) is 5.65 Å². The van der Waals surface area contributed by atoms with Crippen LogP contribution in [0.3, 0.4) is 0 Å². The van der Waals surface area contributed by atoms with Gasteiger partial charge >= 0.3 is 0 Å². The van der Waals surface area contributed by atoms with Gasteiger partial charge in [-0.2, -0.15) is 4.98 Å². The number of carbonyl (C=O) groups excluding carboxylic acids is 1. The molecule has 4 rings (SSSR count). The summed E-state index contributed by atoms with van der Waals surface area (Å²) in [6.45, 7) is 0. The second-order valence-corrected chi connectivity index (χ2v) is 7.32. The Morgan fingerprint density at radius 2 is 2.17 bits per heavy atom. The second-order valence-electron chi connectivity index (χ2n) is 7.32. The van der Waals surface area contributed by atoms with Crippen molar-refractivity contribution in [1.82, 2.24) is 24.7 Å². The number of fused-ring (bicyclic) bond motifs is 1. The van der Waals surface area contributed by atoms with Crippen molar-refractivity contribution in [2.75, 3.05) is 10.6 Å². The summed E-state index contributed by atoms with van der Waals surface area (Å²) in [6.07, 6.45) is 3.94. The maximum Gasteiger partial charge on any atom is 0.273 e. The number of nitrogens with one attached hydrogen (secondary N) is 2. The van der Waals surface area contributed by atoms with E-state index >= 15 is 0 Å². The van der Waals surface area contributed by atoms with Crippen LogP contribution in [0, 0.1) is 0 Å². The highest BCUT2D eigenvalue weighted by atomic mass is 19.3. The molecule has 1 amide bonds. The summed E-state index contributed by atoms with van der Waals surface area (Å²) in [6, 6.07) is 1.59. The van der Waals surface area contributed by atoms with E-state index in [1.165, 1.54) is 0 Å². The summed E-state index contributed by atoms with van der Waals surface area (Å²) in [4.78, 5) is 20.3. The third-order valence-corrected chi connectivity index (χ3v) is 5.15. The van der Waals surface area contributed by atoms with Crippen molar-refractivity contribution in [1.29, 1.82) is 0 Å². The molecule has 1 saturated carbocycles. The van der Waals surface area contributed by atoms with Crippen LogP contribution in [-0.4, -0.2) is 48.6 Å². The number of nitrogens with zero attached hydrogens (tertiary/aromatic N) is 5. The van der Waals surface area contributed by atoms with Crippen molar-refractivity contribution in [3.63, 3.8) is 0 Å². The van der Waals surface area contributed by atoms with Crippen molar-refractivity contribution in [2.24, 2.45) is 18.5 Å². The van der Waals surface area contributed by atoms with Crippen molar-refractivity contribution < 1.29 is 13.6 Å². The Kier molecular flexibility index (Phi) is 4.94.